The summed E-state index contributed by atoms with van der Waals surface area (Å²) in [6, 6.07) is 19.8. The summed E-state index contributed by atoms with van der Waals surface area (Å²) in [5.41, 5.74) is 4.00. The Morgan fingerprint density at radius 2 is 2.00 bits per heavy atom. The fourth-order valence-electron chi connectivity index (χ4n) is 2.37. The topological polar surface area (TPSA) is 48.7 Å². The minimum Gasteiger partial charge on any atom is -0.366 e. The van der Waals surface area contributed by atoms with Gasteiger partial charge >= 0.3 is 0 Å². The van der Waals surface area contributed by atoms with Crippen molar-refractivity contribution in [3.63, 3.8) is 0 Å². The first-order valence-corrected chi connectivity index (χ1v) is 6.84. The van der Waals surface area contributed by atoms with Gasteiger partial charge < -0.3 is 5.32 Å². The van der Waals surface area contributed by atoms with Gasteiger partial charge in [-0.15, -0.1) is 0 Å². The molecule has 1 unspecified atom stereocenters. The average molecular weight is 273 g/mol. The maximum atomic E-state index is 9.45. The maximum Gasteiger partial charge on any atom is 0.140 e. The predicted octanol–water partition coefficient (Wildman–Crippen LogP) is 4.22. The highest BCUT2D eigenvalue weighted by Crippen LogP contribution is 2.23. The number of nitrogens with one attached hydrogen (secondary N) is 1. The number of aromatic nitrogens is 1. The minimum absolute atomic E-state index is 0.378. The van der Waals surface area contributed by atoms with Crippen LogP contribution in [0.1, 0.15) is 17.2 Å². The number of nitrogens with zero attached hydrogens (tertiary/aromatic N) is 2. The third kappa shape index (κ3) is 2.85. The van der Waals surface area contributed by atoms with E-state index in [-0.39, 0.29) is 6.04 Å². The molecule has 102 valence electrons. The molecule has 1 aromatic heterocycles. The molecule has 21 heavy (non-hydrogen) atoms. The minimum atomic E-state index is -0.378. The summed E-state index contributed by atoms with van der Waals surface area (Å²) < 4.78 is 0. The Balaban J connectivity index is 1.93. The number of anilines is 1. The molecule has 0 aliphatic carbocycles. The van der Waals surface area contributed by atoms with Crippen LogP contribution in [-0.4, -0.2) is 4.98 Å². The van der Waals surface area contributed by atoms with Gasteiger partial charge in [0.05, 0.1) is 11.6 Å². The highest BCUT2D eigenvalue weighted by Gasteiger charge is 2.11. The molecule has 0 saturated carbocycles. The normalized spacial score (nSPS) is 11.8. The zero-order valence-corrected chi connectivity index (χ0v) is 11.7. The molecule has 2 aromatic carbocycles. The lowest BCUT2D eigenvalue weighted by Gasteiger charge is -2.14. The van der Waals surface area contributed by atoms with Crippen LogP contribution in [0.2, 0.25) is 0 Å². The van der Waals surface area contributed by atoms with Gasteiger partial charge in [-0.05, 0) is 48.4 Å². The van der Waals surface area contributed by atoms with E-state index in [9.17, 15) is 5.26 Å². The molecule has 1 heterocycles. The molecule has 3 aromatic rings. The molecule has 3 heteroatoms. The Kier molecular flexibility index (Phi) is 3.53. The van der Waals surface area contributed by atoms with Crippen molar-refractivity contribution in [1.29, 1.82) is 5.26 Å². The van der Waals surface area contributed by atoms with E-state index in [1.165, 1.54) is 5.56 Å². The monoisotopic (exact) mass is 273 g/mol. The second-order valence-corrected chi connectivity index (χ2v) is 5.03. The largest absolute Gasteiger partial charge is 0.366 e. The van der Waals surface area contributed by atoms with Gasteiger partial charge in [-0.2, -0.15) is 5.26 Å². The van der Waals surface area contributed by atoms with E-state index in [4.69, 9.17) is 0 Å². The van der Waals surface area contributed by atoms with Crippen molar-refractivity contribution >= 4 is 16.6 Å². The fraction of sp³-hybridized carbons (Fsp3) is 0.111. The summed E-state index contributed by atoms with van der Waals surface area (Å²) in [4.78, 5) is 4.30. The molecule has 0 saturated heterocycles. The lowest BCUT2D eigenvalue weighted by Crippen LogP contribution is -2.08. The van der Waals surface area contributed by atoms with E-state index in [1.54, 1.807) is 6.20 Å². The molecular weight excluding hydrogens is 258 g/mol. The second kappa shape index (κ2) is 5.64. The van der Waals surface area contributed by atoms with Crippen molar-refractivity contribution in [2.45, 2.75) is 13.0 Å². The highest BCUT2D eigenvalue weighted by molar-refractivity contribution is 5.79. The Morgan fingerprint density at radius 3 is 2.81 bits per heavy atom. The number of pyridine rings is 1. The van der Waals surface area contributed by atoms with Crippen molar-refractivity contribution in [3.8, 4) is 6.07 Å². The molecule has 3 rings (SSSR count). The van der Waals surface area contributed by atoms with Gasteiger partial charge in [0.2, 0.25) is 0 Å². The van der Waals surface area contributed by atoms with Crippen LogP contribution < -0.4 is 5.32 Å². The molecule has 1 N–H and O–H groups in total. The van der Waals surface area contributed by atoms with Crippen LogP contribution >= 0.6 is 0 Å². The van der Waals surface area contributed by atoms with Gasteiger partial charge in [-0.3, -0.25) is 4.98 Å². The van der Waals surface area contributed by atoms with Gasteiger partial charge in [0.1, 0.15) is 6.04 Å². The van der Waals surface area contributed by atoms with Crippen molar-refractivity contribution in [2.24, 2.45) is 0 Å². The van der Waals surface area contributed by atoms with Crippen LogP contribution in [0.15, 0.2) is 60.8 Å². The number of hydrogen-bond donors (Lipinski definition) is 1. The smallest absolute Gasteiger partial charge is 0.140 e. The van der Waals surface area contributed by atoms with Crippen LogP contribution in [0.4, 0.5) is 5.69 Å². The molecule has 0 aliphatic rings. The fourth-order valence-corrected chi connectivity index (χ4v) is 2.37. The molecule has 3 nitrogen and oxygen atoms in total. The zero-order chi connectivity index (χ0) is 14.7. The molecule has 0 aliphatic heterocycles. The Labute approximate surface area is 123 Å². The molecule has 0 spiro atoms. The highest BCUT2D eigenvalue weighted by atomic mass is 14.9. The first-order valence-electron chi connectivity index (χ1n) is 6.84. The molecule has 0 fully saturated rings. The number of hydrogen-bond acceptors (Lipinski definition) is 3. The van der Waals surface area contributed by atoms with Crippen molar-refractivity contribution in [2.75, 3.05) is 5.32 Å². The number of nitriles is 1. The Hall–Kier alpha value is -2.86. The van der Waals surface area contributed by atoms with E-state index >= 15 is 0 Å². The van der Waals surface area contributed by atoms with Crippen molar-refractivity contribution in [1.82, 2.24) is 4.98 Å². The van der Waals surface area contributed by atoms with Crippen LogP contribution in [0, 0.1) is 18.3 Å². The predicted molar refractivity (Wildman–Crippen MR) is 84.9 cm³/mol. The average Bonchev–Trinajstić information content (AvgIpc) is 2.52. The SMILES string of the molecule is Cc1cccc(NC(C#N)c2ccc3ncccc3c2)c1. The van der Waals surface area contributed by atoms with Crippen LogP contribution in [-0.2, 0) is 0 Å². The molecule has 0 radical (unpaired) electrons. The van der Waals surface area contributed by atoms with E-state index in [0.29, 0.717) is 0 Å². The molecule has 0 amide bonds. The molecule has 1 atom stereocenters. The maximum absolute atomic E-state index is 9.45. The van der Waals surface area contributed by atoms with Gasteiger partial charge in [0.15, 0.2) is 0 Å². The zero-order valence-electron chi connectivity index (χ0n) is 11.7. The lowest BCUT2D eigenvalue weighted by molar-refractivity contribution is 0.999. The van der Waals surface area contributed by atoms with E-state index in [2.05, 4.69) is 16.4 Å². The summed E-state index contributed by atoms with van der Waals surface area (Å²) >= 11 is 0. The van der Waals surface area contributed by atoms with Crippen LogP contribution in [0.5, 0.6) is 0 Å². The number of rotatable bonds is 3. The van der Waals surface area contributed by atoms with E-state index in [1.807, 2.05) is 61.5 Å². The van der Waals surface area contributed by atoms with E-state index in [0.717, 1.165) is 22.2 Å². The van der Waals surface area contributed by atoms with Gasteiger partial charge in [0, 0.05) is 17.3 Å². The number of fused-ring (bicyclic) bond motifs is 1. The lowest BCUT2D eigenvalue weighted by atomic mass is 10.0. The quantitative estimate of drug-likeness (QED) is 0.777. The van der Waals surface area contributed by atoms with Gasteiger partial charge in [-0.1, -0.05) is 24.3 Å². The summed E-state index contributed by atoms with van der Waals surface area (Å²) in [7, 11) is 0. The summed E-state index contributed by atoms with van der Waals surface area (Å²) in [5.74, 6) is 0. The van der Waals surface area contributed by atoms with E-state index < -0.39 is 0 Å². The van der Waals surface area contributed by atoms with Crippen molar-refractivity contribution < 1.29 is 0 Å². The number of benzene rings is 2. The summed E-state index contributed by atoms with van der Waals surface area (Å²) in [6.07, 6.45) is 1.77. The summed E-state index contributed by atoms with van der Waals surface area (Å²) in [5, 5.41) is 13.8. The first-order chi connectivity index (χ1) is 10.3. The molecular formula is C18H15N3. The van der Waals surface area contributed by atoms with Gasteiger partial charge in [0.25, 0.3) is 0 Å². The van der Waals surface area contributed by atoms with Crippen molar-refractivity contribution in [3.05, 3.63) is 71.9 Å². The Bertz CT molecular complexity index is 818. The first kappa shape index (κ1) is 13.1. The second-order valence-electron chi connectivity index (χ2n) is 5.03. The Morgan fingerprint density at radius 1 is 1.10 bits per heavy atom. The molecule has 0 bridgehead atoms. The number of aryl methyl sites for hydroxylation is 1. The summed E-state index contributed by atoms with van der Waals surface area (Å²) in [6.45, 7) is 2.04. The third-order valence-corrected chi connectivity index (χ3v) is 3.42. The van der Waals surface area contributed by atoms with Crippen LogP contribution in [0.25, 0.3) is 10.9 Å². The standard InChI is InChI=1S/C18H15N3/c1-13-4-2-6-16(10-13)21-18(12-19)15-7-8-17-14(11-15)5-3-9-20-17/h2-11,18,21H,1H3. The van der Waals surface area contributed by atoms with Gasteiger partial charge in [-0.25, -0.2) is 0 Å². The third-order valence-electron chi connectivity index (χ3n) is 3.42. The van der Waals surface area contributed by atoms with Crippen LogP contribution in [0.3, 0.4) is 0 Å².